The average molecular weight is 286 g/mol. The number of rotatable bonds is 7. The highest BCUT2D eigenvalue weighted by atomic mass is 35.5. The molecule has 5 heteroatoms. The number of halogens is 1. The summed E-state index contributed by atoms with van der Waals surface area (Å²) in [4.78, 5) is 11.9. The number of esters is 1. The predicted octanol–water partition coefficient (Wildman–Crippen LogP) is 3.67. The van der Waals surface area contributed by atoms with Crippen LogP contribution in [0.25, 0.3) is 0 Å². The molecule has 1 aromatic carbocycles. The number of anilines is 1. The number of nitrogens with two attached hydrogens (primary N) is 1. The third kappa shape index (κ3) is 4.63. The van der Waals surface area contributed by atoms with Gasteiger partial charge < -0.3 is 15.2 Å². The van der Waals surface area contributed by atoms with Crippen LogP contribution in [0.2, 0.25) is 5.02 Å². The van der Waals surface area contributed by atoms with Crippen LogP contribution in [-0.4, -0.2) is 19.7 Å². The van der Waals surface area contributed by atoms with Crippen molar-refractivity contribution in [2.24, 2.45) is 0 Å². The summed E-state index contributed by atoms with van der Waals surface area (Å²) >= 11 is 5.90. The number of carbonyl (C=O) groups excluding carboxylic acids is 1. The predicted molar refractivity (Wildman–Crippen MR) is 76.8 cm³/mol. The monoisotopic (exact) mass is 285 g/mol. The minimum absolute atomic E-state index is 0.303. The van der Waals surface area contributed by atoms with E-state index in [4.69, 9.17) is 26.8 Å². The first-order chi connectivity index (χ1) is 9.10. The van der Waals surface area contributed by atoms with Crippen LogP contribution < -0.4 is 10.5 Å². The molecule has 2 N–H and O–H groups in total. The molecule has 0 saturated carbocycles. The second-order valence-electron chi connectivity index (χ2n) is 4.27. The molecule has 0 amide bonds. The lowest BCUT2D eigenvalue weighted by Gasteiger charge is -2.10. The van der Waals surface area contributed by atoms with E-state index >= 15 is 0 Å². The normalized spacial score (nSPS) is 10.3. The van der Waals surface area contributed by atoms with Gasteiger partial charge in [0.2, 0.25) is 0 Å². The molecule has 0 bridgehead atoms. The maximum Gasteiger partial charge on any atom is 0.341 e. The molecule has 0 atom stereocenters. The Hall–Kier alpha value is -1.42. The first-order valence-corrected chi connectivity index (χ1v) is 6.78. The van der Waals surface area contributed by atoms with Gasteiger partial charge in [0.05, 0.1) is 24.4 Å². The standard InChI is InChI=1S/C14H20ClNO3/c1-3-4-5-6-7-19-14(17)10-8-11(15)12(16)9-13(10)18-2/h8-9H,3-7,16H2,1-2H3. The molecule has 0 aliphatic rings. The molecule has 106 valence electrons. The third-order valence-corrected chi connectivity index (χ3v) is 3.10. The molecular weight excluding hydrogens is 266 g/mol. The molecular formula is C14H20ClNO3. The minimum atomic E-state index is -0.435. The van der Waals surface area contributed by atoms with Crippen LogP contribution in [0.5, 0.6) is 5.75 Å². The van der Waals surface area contributed by atoms with Gasteiger partial charge in [0.15, 0.2) is 0 Å². The average Bonchev–Trinajstić information content (AvgIpc) is 2.40. The molecule has 0 saturated heterocycles. The van der Waals surface area contributed by atoms with Crippen molar-refractivity contribution in [2.45, 2.75) is 32.6 Å². The zero-order valence-electron chi connectivity index (χ0n) is 11.4. The van der Waals surface area contributed by atoms with E-state index in [1.54, 1.807) is 0 Å². The number of benzene rings is 1. The van der Waals surface area contributed by atoms with Gasteiger partial charge in [-0.3, -0.25) is 0 Å². The Morgan fingerprint density at radius 1 is 1.32 bits per heavy atom. The number of carbonyl (C=O) groups is 1. The Balaban J connectivity index is 2.63. The molecule has 0 aliphatic heterocycles. The molecule has 0 spiro atoms. The third-order valence-electron chi connectivity index (χ3n) is 2.77. The highest BCUT2D eigenvalue weighted by Gasteiger charge is 2.16. The van der Waals surface area contributed by atoms with Gasteiger partial charge in [0, 0.05) is 6.07 Å². The van der Waals surface area contributed by atoms with Gasteiger partial charge in [0.25, 0.3) is 0 Å². The summed E-state index contributed by atoms with van der Waals surface area (Å²) in [5, 5.41) is 0.318. The summed E-state index contributed by atoms with van der Waals surface area (Å²) in [5.74, 6) is -0.0595. The number of methoxy groups -OCH3 is 1. The molecule has 1 rings (SSSR count). The van der Waals surface area contributed by atoms with E-state index in [9.17, 15) is 4.79 Å². The molecule has 0 radical (unpaired) electrons. The van der Waals surface area contributed by atoms with Gasteiger partial charge in [-0.1, -0.05) is 37.8 Å². The highest BCUT2D eigenvalue weighted by molar-refractivity contribution is 6.33. The first kappa shape index (κ1) is 15.6. The molecule has 0 fully saturated rings. The van der Waals surface area contributed by atoms with Gasteiger partial charge in [0.1, 0.15) is 11.3 Å². The quantitative estimate of drug-likeness (QED) is 0.472. The lowest BCUT2D eigenvalue weighted by molar-refractivity contribution is 0.0494. The van der Waals surface area contributed by atoms with Gasteiger partial charge in [-0.2, -0.15) is 0 Å². The number of unbranched alkanes of at least 4 members (excludes halogenated alkanes) is 3. The maximum absolute atomic E-state index is 11.9. The van der Waals surface area contributed by atoms with Gasteiger partial charge >= 0.3 is 5.97 Å². The lowest BCUT2D eigenvalue weighted by atomic mass is 10.2. The Kier molecular flexibility index (Phi) is 6.50. The van der Waals surface area contributed by atoms with Crippen molar-refractivity contribution in [1.29, 1.82) is 0 Å². The van der Waals surface area contributed by atoms with E-state index in [1.165, 1.54) is 19.2 Å². The molecule has 0 aromatic heterocycles. The van der Waals surface area contributed by atoms with Crippen molar-refractivity contribution in [1.82, 2.24) is 0 Å². The summed E-state index contributed by atoms with van der Waals surface area (Å²) in [5.41, 5.74) is 6.33. The van der Waals surface area contributed by atoms with Crippen molar-refractivity contribution in [3.8, 4) is 5.75 Å². The molecule has 0 heterocycles. The second kappa shape index (κ2) is 7.89. The zero-order valence-corrected chi connectivity index (χ0v) is 12.1. The van der Waals surface area contributed by atoms with E-state index in [1.807, 2.05) is 0 Å². The number of ether oxygens (including phenoxy) is 2. The van der Waals surface area contributed by atoms with E-state index in [-0.39, 0.29) is 0 Å². The Bertz CT molecular complexity index is 435. The van der Waals surface area contributed by atoms with Gasteiger partial charge in [-0.05, 0) is 12.5 Å². The lowest BCUT2D eigenvalue weighted by Crippen LogP contribution is -2.09. The fourth-order valence-corrected chi connectivity index (χ4v) is 1.83. The van der Waals surface area contributed by atoms with Crippen LogP contribution in [0, 0.1) is 0 Å². The van der Waals surface area contributed by atoms with E-state index in [0.29, 0.717) is 28.6 Å². The SMILES string of the molecule is CCCCCCOC(=O)c1cc(Cl)c(N)cc1OC. The Labute approximate surface area is 118 Å². The summed E-state index contributed by atoms with van der Waals surface area (Å²) in [6.45, 7) is 2.54. The van der Waals surface area contributed by atoms with Crippen molar-refractivity contribution in [3.63, 3.8) is 0 Å². The van der Waals surface area contributed by atoms with E-state index in [0.717, 1.165) is 25.7 Å². The topological polar surface area (TPSA) is 61.5 Å². The van der Waals surface area contributed by atoms with E-state index in [2.05, 4.69) is 6.92 Å². The fraction of sp³-hybridized carbons (Fsp3) is 0.500. The van der Waals surface area contributed by atoms with Crippen molar-refractivity contribution in [2.75, 3.05) is 19.5 Å². The number of hydrogen-bond acceptors (Lipinski definition) is 4. The Morgan fingerprint density at radius 3 is 2.68 bits per heavy atom. The molecule has 0 unspecified atom stereocenters. The van der Waals surface area contributed by atoms with Crippen molar-refractivity contribution in [3.05, 3.63) is 22.7 Å². The smallest absolute Gasteiger partial charge is 0.341 e. The van der Waals surface area contributed by atoms with Crippen LogP contribution in [-0.2, 0) is 4.74 Å². The molecule has 4 nitrogen and oxygen atoms in total. The van der Waals surface area contributed by atoms with Crippen molar-refractivity contribution < 1.29 is 14.3 Å². The molecule has 1 aromatic rings. The van der Waals surface area contributed by atoms with Crippen LogP contribution in [0.3, 0.4) is 0 Å². The minimum Gasteiger partial charge on any atom is -0.496 e. The van der Waals surface area contributed by atoms with Crippen LogP contribution in [0.1, 0.15) is 43.0 Å². The highest BCUT2D eigenvalue weighted by Crippen LogP contribution is 2.29. The van der Waals surface area contributed by atoms with Crippen LogP contribution in [0.15, 0.2) is 12.1 Å². The summed E-state index contributed by atoms with van der Waals surface area (Å²) in [6, 6.07) is 3.00. The first-order valence-electron chi connectivity index (χ1n) is 6.40. The summed E-state index contributed by atoms with van der Waals surface area (Å²) in [6.07, 6.45) is 4.22. The second-order valence-corrected chi connectivity index (χ2v) is 4.68. The van der Waals surface area contributed by atoms with Gasteiger partial charge in [-0.15, -0.1) is 0 Å². The summed E-state index contributed by atoms with van der Waals surface area (Å²) < 4.78 is 10.3. The molecule has 0 aliphatic carbocycles. The largest absolute Gasteiger partial charge is 0.496 e. The van der Waals surface area contributed by atoms with Crippen LogP contribution >= 0.6 is 11.6 Å². The molecule has 19 heavy (non-hydrogen) atoms. The van der Waals surface area contributed by atoms with Gasteiger partial charge in [-0.25, -0.2) is 4.79 Å². The maximum atomic E-state index is 11.9. The summed E-state index contributed by atoms with van der Waals surface area (Å²) in [7, 11) is 1.47. The fourth-order valence-electron chi connectivity index (χ4n) is 1.67. The number of nitrogen functional groups attached to an aromatic ring is 1. The van der Waals surface area contributed by atoms with Crippen molar-refractivity contribution >= 4 is 23.3 Å². The zero-order chi connectivity index (χ0) is 14.3. The Morgan fingerprint density at radius 2 is 2.05 bits per heavy atom. The van der Waals surface area contributed by atoms with E-state index < -0.39 is 5.97 Å². The van der Waals surface area contributed by atoms with Crippen LogP contribution in [0.4, 0.5) is 5.69 Å². The number of hydrogen-bond donors (Lipinski definition) is 1.